The van der Waals surface area contributed by atoms with Gasteiger partial charge in [-0.05, 0) is 43.6 Å². The smallest absolute Gasteiger partial charge is 0.312 e. The number of nitrogens with two attached hydrogens (primary N) is 1. The standard InChI is InChI=1S/C12H23N3O2S/c1-8-3-4-9(7-8)14-11(16)10(5-6-18-2)15-12(13)17/h8-10H,3-7H2,1-2H3,(H,14,16)(H3,13,15,17). The largest absolute Gasteiger partial charge is 0.352 e. The molecule has 0 saturated heterocycles. The summed E-state index contributed by atoms with van der Waals surface area (Å²) >= 11 is 1.65. The maximum Gasteiger partial charge on any atom is 0.312 e. The number of primary amides is 1. The fourth-order valence-corrected chi connectivity index (χ4v) is 2.79. The molecule has 1 saturated carbocycles. The molecule has 1 aliphatic carbocycles. The monoisotopic (exact) mass is 273 g/mol. The molecule has 104 valence electrons. The van der Waals surface area contributed by atoms with Gasteiger partial charge in [0.25, 0.3) is 0 Å². The van der Waals surface area contributed by atoms with Gasteiger partial charge in [-0.15, -0.1) is 0 Å². The van der Waals surface area contributed by atoms with Crippen LogP contribution in [-0.2, 0) is 4.79 Å². The van der Waals surface area contributed by atoms with Gasteiger partial charge >= 0.3 is 6.03 Å². The normalized spacial score (nSPS) is 24.6. The Hall–Kier alpha value is -0.910. The molecule has 0 bridgehead atoms. The van der Waals surface area contributed by atoms with Crippen LogP contribution in [-0.4, -0.2) is 36.0 Å². The lowest BCUT2D eigenvalue weighted by Gasteiger charge is -2.20. The molecule has 5 nitrogen and oxygen atoms in total. The Morgan fingerprint density at radius 3 is 2.67 bits per heavy atom. The highest BCUT2D eigenvalue weighted by Crippen LogP contribution is 2.24. The first-order valence-electron chi connectivity index (χ1n) is 6.38. The number of rotatable bonds is 6. The minimum absolute atomic E-state index is 0.109. The van der Waals surface area contributed by atoms with Crippen molar-refractivity contribution < 1.29 is 9.59 Å². The molecule has 4 N–H and O–H groups in total. The van der Waals surface area contributed by atoms with Crippen molar-refractivity contribution in [1.82, 2.24) is 10.6 Å². The van der Waals surface area contributed by atoms with Crippen LogP contribution in [0, 0.1) is 5.92 Å². The van der Waals surface area contributed by atoms with Crippen LogP contribution in [0.25, 0.3) is 0 Å². The summed E-state index contributed by atoms with van der Waals surface area (Å²) in [6, 6.07) is -0.902. The van der Waals surface area contributed by atoms with E-state index in [1.165, 1.54) is 0 Å². The second-order valence-corrected chi connectivity index (χ2v) is 5.95. The first-order chi connectivity index (χ1) is 8.52. The highest BCUT2D eigenvalue weighted by atomic mass is 32.2. The van der Waals surface area contributed by atoms with Crippen LogP contribution in [0.4, 0.5) is 4.79 Å². The molecule has 18 heavy (non-hydrogen) atoms. The fraction of sp³-hybridized carbons (Fsp3) is 0.833. The number of amides is 3. The maximum absolute atomic E-state index is 12.1. The van der Waals surface area contributed by atoms with Crippen LogP contribution < -0.4 is 16.4 Å². The summed E-state index contributed by atoms with van der Waals surface area (Å²) in [5.74, 6) is 1.38. The van der Waals surface area contributed by atoms with Crippen molar-refractivity contribution in [3.63, 3.8) is 0 Å². The Balaban J connectivity index is 2.44. The van der Waals surface area contributed by atoms with Gasteiger partial charge < -0.3 is 16.4 Å². The van der Waals surface area contributed by atoms with E-state index in [-0.39, 0.29) is 11.9 Å². The van der Waals surface area contributed by atoms with Gasteiger partial charge in [0.15, 0.2) is 0 Å². The Bertz CT molecular complexity index is 299. The van der Waals surface area contributed by atoms with Crippen LogP contribution in [0.5, 0.6) is 0 Å². The molecule has 0 aromatic carbocycles. The fourth-order valence-electron chi connectivity index (χ4n) is 2.32. The summed E-state index contributed by atoms with van der Waals surface area (Å²) in [5, 5.41) is 5.52. The van der Waals surface area contributed by atoms with E-state index in [1.54, 1.807) is 11.8 Å². The van der Waals surface area contributed by atoms with Crippen molar-refractivity contribution >= 4 is 23.7 Å². The Kier molecular flexibility index (Phi) is 6.32. The summed E-state index contributed by atoms with van der Waals surface area (Å²) in [4.78, 5) is 22.9. The summed E-state index contributed by atoms with van der Waals surface area (Å²) in [5.41, 5.74) is 5.10. The van der Waals surface area contributed by atoms with Crippen LogP contribution in [0.3, 0.4) is 0 Å². The van der Waals surface area contributed by atoms with Crippen LogP contribution >= 0.6 is 11.8 Å². The molecular formula is C12H23N3O2S. The van der Waals surface area contributed by atoms with Gasteiger partial charge in [-0.1, -0.05) is 6.92 Å². The third-order valence-corrected chi connectivity index (χ3v) is 3.93. The quantitative estimate of drug-likeness (QED) is 0.677. The highest BCUT2D eigenvalue weighted by Gasteiger charge is 2.26. The van der Waals surface area contributed by atoms with Crippen molar-refractivity contribution in [2.45, 2.75) is 44.7 Å². The van der Waals surface area contributed by atoms with E-state index in [1.807, 2.05) is 6.26 Å². The third-order valence-electron chi connectivity index (χ3n) is 3.28. The zero-order chi connectivity index (χ0) is 13.5. The molecule has 1 fully saturated rings. The van der Waals surface area contributed by atoms with Gasteiger partial charge in [0.05, 0.1) is 0 Å². The Labute approximate surface area is 113 Å². The minimum atomic E-state index is -0.643. The van der Waals surface area contributed by atoms with E-state index in [9.17, 15) is 9.59 Å². The molecule has 1 aliphatic rings. The maximum atomic E-state index is 12.1. The number of hydrogen-bond donors (Lipinski definition) is 3. The van der Waals surface area contributed by atoms with Crippen molar-refractivity contribution in [1.29, 1.82) is 0 Å². The van der Waals surface area contributed by atoms with Crippen molar-refractivity contribution in [2.75, 3.05) is 12.0 Å². The van der Waals surface area contributed by atoms with E-state index in [0.29, 0.717) is 12.3 Å². The Morgan fingerprint density at radius 2 is 2.17 bits per heavy atom. The lowest BCUT2D eigenvalue weighted by atomic mass is 10.1. The van der Waals surface area contributed by atoms with Gasteiger partial charge in [0.2, 0.25) is 5.91 Å². The lowest BCUT2D eigenvalue weighted by molar-refractivity contribution is -0.123. The molecule has 0 aromatic rings. The van der Waals surface area contributed by atoms with E-state index < -0.39 is 12.1 Å². The second-order valence-electron chi connectivity index (χ2n) is 4.97. The summed E-state index contributed by atoms with van der Waals surface area (Å²) in [6.07, 6.45) is 5.79. The van der Waals surface area contributed by atoms with Crippen molar-refractivity contribution in [3.8, 4) is 0 Å². The van der Waals surface area contributed by atoms with E-state index >= 15 is 0 Å². The van der Waals surface area contributed by atoms with Crippen molar-refractivity contribution in [2.24, 2.45) is 11.7 Å². The molecule has 1 rings (SSSR count). The number of carbonyl (C=O) groups is 2. The van der Waals surface area contributed by atoms with Gasteiger partial charge in [0, 0.05) is 6.04 Å². The van der Waals surface area contributed by atoms with Crippen molar-refractivity contribution in [3.05, 3.63) is 0 Å². The molecule has 3 amide bonds. The average molecular weight is 273 g/mol. The molecule has 0 spiro atoms. The summed E-state index contributed by atoms with van der Waals surface area (Å²) < 4.78 is 0. The zero-order valence-corrected chi connectivity index (χ0v) is 11.9. The predicted octanol–water partition coefficient (Wildman–Crippen LogP) is 1.08. The number of nitrogens with one attached hydrogen (secondary N) is 2. The minimum Gasteiger partial charge on any atom is -0.352 e. The van der Waals surface area contributed by atoms with Crippen LogP contribution in [0.15, 0.2) is 0 Å². The topological polar surface area (TPSA) is 84.2 Å². The van der Waals surface area contributed by atoms with Crippen LogP contribution in [0.2, 0.25) is 0 Å². The number of carbonyl (C=O) groups excluding carboxylic acids is 2. The summed E-state index contributed by atoms with van der Waals surface area (Å²) in [6.45, 7) is 2.19. The SMILES string of the molecule is CSCCC(NC(N)=O)C(=O)NC1CCC(C)C1. The molecule has 0 radical (unpaired) electrons. The molecule has 0 aromatic heterocycles. The van der Waals surface area contributed by atoms with Gasteiger partial charge in [0.1, 0.15) is 6.04 Å². The van der Waals surface area contributed by atoms with Gasteiger partial charge in [-0.25, -0.2) is 4.79 Å². The van der Waals surface area contributed by atoms with Crippen LogP contribution in [0.1, 0.15) is 32.6 Å². The molecule has 0 aliphatic heterocycles. The second kappa shape index (κ2) is 7.51. The molecule has 3 unspecified atom stereocenters. The Morgan fingerprint density at radius 1 is 1.44 bits per heavy atom. The first kappa shape index (κ1) is 15.1. The van der Waals surface area contributed by atoms with E-state index in [2.05, 4.69) is 17.6 Å². The van der Waals surface area contributed by atoms with Gasteiger partial charge in [-0.2, -0.15) is 11.8 Å². The molecular weight excluding hydrogens is 250 g/mol. The lowest BCUT2D eigenvalue weighted by Crippen LogP contribution is -2.50. The number of hydrogen-bond acceptors (Lipinski definition) is 3. The first-order valence-corrected chi connectivity index (χ1v) is 7.77. The van der Waals surface area contributed by atoms with Gasteiger partial charge in [-0.3, -0.25) is 4.79 Å². The molecule has 6 heteroatoms. The number of thioether (sulfide) groups is 1. The zero-order valence-electron chi connectivity index (χ0n) is 11.1. The average Bonchev–Trinajstić information content (AvgIpc) is 2.69. The summed E-state index contributed by atoms with van der Waals surface area (Å²) in [7, 11) is 0. The van der Waals surface area contributed by atoms with E-state index in [0.717, 1.165) is 25.0 Å². The predicted molar refractivity (Wildman–Crippen MR) is 74.5 cm³/mol. The molecule has 3 atom stereocenters. The third kappa shape index (κ3) is 5.16. The van der Waals surface area contributed by atoms with E-state index in [4.69, 9.17) is 5.73 Å². The molecule has 0 heterocycles. The highest BCUT2D eigenvalue weighted by molar-refractivity contribution is 7.98. The number of urea groups is 1.